The minimum atomic E-state index is -4.47. The molecule has 0 bridgehead atoms. The van der Waals surface area contributed by atoms with Gasteiger partial charge in [-0.15, -0.1) is 5.10 Å². The zero-order valence-electron chi connectivity index (χ0n) is 18.4. The average Bonchev–Trinajstić information content (AvgIpc) is 3.19. The van der Waals surface area contributed by atoms with Crippen LogP contribution in [0.4, 0.5) is 13.2 Å². The van der Waals surface area contributed by atoms with Crippen molar-refractivity contribution in [3.05, 3.63) is 41.7 Å². The van der Waals surface area contributed by atoms with E-state index in [1.807, 2.05) is 35.6 Å². The maximum absolute atomic E-state index is 12.5. The van der Waals surface area contributed by atoms with Crippen LogP contribution in [-0.2, 0) is 27.5 Å². The number of hydrogen-bond donors (Lipinski definition) is 3. The molecule has 4 N–H and O–H groups in total. The fourth-order valence-electron chi connectivity index (χ4n) is 2.69. The van der Waals surface area contributed by atoms with Gasteiger partial charge in [-0.1, -0.05) is 30.3 Å². The highest BCUT2D eigenvalue weighted by atomic mass is 19.4. The first-order chi connectivity index (χ1) is 15.5. The average molecular weight is 471 g/mol. The summed E-state index contributed by atoms with van der Waals surface area (Å²) in [6.45, 7) is 2.20. The van der Waals surface area contributed by atoms with E-state index in [9.17, 15) is 22.8 Å². The van der Waals surface area contributed by atoms with Crippen molar-refractivity contribution in [1.29, 1.82) is 0 Å². The lowest BCUT2D eigenvalue weighted by atomic mass is 10.1. The van der Waals surface area contributed by atoms with Crippen molar-refractivity contribution in [3.8, 4) is 0 Å². The van der Waals surface area contributed by atoms with E-state index in [0.29, 0.717) is 6.61 Å². The number of nitrogens with one attached hydrogen (secondary N) is 2. The molecule has 182 valence electrons. The summed E-state index contributed by atoms with van der Waals surface area (Å²) < 4.78 is 43.7. The second-order valence-corrected chi connectivity index (χ2v) is 8.00. The largest absolute Gasteiger partial charge is 0.405 e. The van der Waals surface area contributed by atoms with Crippen molar-refractivity contribution in [1.82, 2.24) is 30.8 Å². The monoisotopic (exact) mass is 471 g/mol. The summed E-state index contributed by atoms with van der Waals surface area (Å²) in [4.78, 5) is 24.1. The predicted molar refractivity (Wildman–Crippen MR) is 111 cm³/mol. The Morgan fingerprint density at radius 2 is 1.91 bits per heavy atom. The van der Waals surface area contributed by atoms with Crippen LogP contribution in [0.3, 0.4) is 0 Å². The van der Waals surface area contributed by atoms with E-state index >= 15 is 0 Å². The van der Waals surface area contributed by atoms with Gasteiger partial charge in [-0.05, 0) is 36.3 Å². The number of hydrogen-bond acceptors (Lipinski definition) is 7. The summed E-state index contributed by atoms with van der Waals surface area (Å²) in [5, 5.41) is 16.0. The van der Waals surface area contributed by atoms with Crippen molar-refractivity contribution in [2.24, 2.45) is 5.73 Å². The summed E-state index contributed by atoms with van der Waals surface area (Å²) in [5.74, 6) is -0.906. The molecule has 0 aliphatic heterocycles. The molecule has 0 saturated heterocycles. The Hall–Kier alpha value is -3.06. The summed E-state index contributed by atoms with van der Waals surface area (Å²) >= 11 is 0. The van der Waals surface area contributed by atoms with E-state index < -0.39 is 36.1 Å². The molecule has 0 spiro atoms. The molecule has 2 aromatic rings. The van der Waals surface area contributed by atoms with Crippen LogP contribution in [0.15, 0.2) is 30.3 Å². The van der Waals surface area contributed by atoms with Crippen LogP contribution in [-0.4, -0.2) is 56.9 Å². The molecule has 0 unspecified atom stereocenters. The van der Waals surface area contributed by atoms with Gasteiger partial charge in [-0.25, -0.2) is 4.68 Å². The van der Waals surface area contributed by atoms with E-state index in [4.69, 9.17) is 10.5 Å². The van der Waals surface area contributed by atoms with Gasteiger partial charge in [-0.3, -0.25) is 9.59 Å². The molecule has 2 rings (SSSR count). The minimum Gasteiger partial charge on any atom is -0.374 e. The number of aromatic nitrogens is 4. The zero-order valence-corrected chi connectivity index (χ0v) is 18.4. The van der Waals surface area contributed by atoms with Crippen LogP contribution < -0.4 is 16.4 Å². The molecule has 1 aromatic carbocycles. The molecule has 1 heterocycles. The van der Waals surface area contributed by atoms with Gasteiger partial charge < -0.3 is 21.1 Å². The quantitative estimate of drug-likeness (QED) is 0.424. The smallest absolute Gasteiger partial charge is 0.374 e. The fourth-order valence-corrected chi connectivity index (χ4v) is 2.69. The van der Waals surface area contributed by atoms with E-state index in [2.05, 4.69) is 20.8 Å². The molecule has 0 radical (unpaired) electrons. The molecule has 0 aliphatic carbocycles. The zero-order chi connectivity index (χ0) is 24.5. The predicted octanol–water partition coefficient (Wildman–Crippen LogP) is 1.24. The summed E-state index contributed by atoms with van der Waals surface area (Å²) in [6, 6.07) is 8.68. The molecular weight excluding hydrogens is 443 g/mol. The highest BCUT2D eigenvalue weighted by molar-refractivity contribution is 5.85. The third-order valence-corrected chi connectivity index (χ3v) is 4.42. The Balaban J connectivity index is 2.00. The number of nitrogens with two attached hydrogens (primary N) is 1. The van der Waals surface area contributed by atoms with Crippen LogP contribution in [0, 0.1) is 0 Å². The van der Waals surface area contributed by atoms with Crippen LogP contribution in [0.1, 0.15) is 44.1 Å². The van der Waals surface area contributed by atoms with Gasteiger partial charge in [0.05, 0.1) is 18.8 Å². The third kappa shape index (κ3) is 9.53. The number of amides is 2. The summed E-state index contributed by atoms with van der Waals surface area (Å²) in [7, 11) is 0. The van der Waals surface area contributed by atoms with Gasteiger partial charge in [0.1, 0.15) is 12.6 Å². The second kappa shape index (κ2) is 11.7. The van der Waals surface area contributed by atoms with Crippen molar-refractivity contribution >= 4 is 11.8 Å². The Bertz CT molecular complexity index is 898. The molecule has 0 aliphatic rings. The van der Waals surface area contributed by atoms with Gasteiger partial charge >= 0.3 is 6.18 Å². The van der Waals surface area contributed by atoms with Crippen LogP contribution in [0.2, 0.25) is 0 Å². The Morgan fingerprint density at radius 1 is 1.21 bits per heavy atom. The van der Waals surface area contributed by atoms with E-state index in [1.165, 1.54) is 4.68 Å². The molecule has 13 heteroatoms. The van der Waals surface area contributed by atoms with Crippen molar-refractivity contribution < 1.29 is 27.5 Å². The van der Waals surface area contributed by atoms with Crippen LogP contribution in [0.5, 0.6) is 0 Å². The highest BCUT2D eigenvalue weighted by Gasteiger charge is 2.29. The van der Waals surface area contributed by atoms with Gasteiger partial charge in [-0.2, -0.15) is 13.2 Å². The van der Waals surface area contributed by atoms with Crippen LogP contribution in [0.25, 0.3) is 0 Å². The van der Waals surface area contributed by atoms with Gasteiger partial charge in [0.15, 0.2) is 5.82 Å². The lowest BCUT2D eigenvalue weighted by Crippen LogP contribution is -2.51. The normalized spacial score (nSPS) is 12.9. The molecule has 10 nitrogen and oxygen atoms in total. The van der Waals surface area contributed by atoms with Gasteiger partial charge in [0.2, 0.25) is 11.8 Å². The van der Waals surface area contributed by atoms with Crippen molar-refractivity contribution in [2.45, 2.75) is 57.6 Å². The first-order valence-electron chi connectivity index (χ1n) is 10.3. The number of halogens is 3. The summed E-state index contributed by atoms with van der Waals surface area (Å²) in [5.41, 5.74) is 5.65. The number of ether oxygens (including phenoxy) is 1. The van der Waals surface area contributed by atoms with Crippen LogP contribution >= 0.6 is 0 Å². The molecule has 0 saturated carbocycles. The number of carbonyl (C=O) groups is 2. The third-order valence-electron chi connectivity index (χ3n) is 4.42. The number of benzene rings is 1. The number of alkyl halides is 3. The number of tetrazole rings is 1. The standard InChI is InChI=1S/C20H28F3N7O3/c1-19(2,24)18(32)26-15(12-33-11-14-7-4-3-5-8-14)17-27-28-29-30(17)10-6-9-16(31)25-13-20(21,22)23/h3-5,7-8,15H,6,9-13,24H2,1-2H3,(H,25,31)(H,26,32)/t15-/m1/s1. The maximum Gasteiger partial charge on any atom is 0.405 e. The van der Waals surface area contributed by atoms with Gasteiger partial charge in [0, 0.05) is 13.0 Å². The first kappa shape index (κ1) is 26.2. The lowest BCUT2D eigenvalue weighted by molar-refractivity contribution is -0.138. The topological polar surface area (TPSA) is 137 Å². The molecule has 33 heavy (non-hydrogen) atoms. The number of nitrogens with zero attached hydrogens (tertiary/aromatic N) is 4. The SMILES string of the molecule is CC(C)(N)C(=O)N[C@H](COCc1ccccc1)c1nnnn1CCCC(=O)NCC(F)(F)F. The summed E-state index contributed by atoms with van der Waals surface area (Å²) in [6.07, 6.45) is -4.43. The molecule has 0 fully saturated rings. The Kier molecular flexibility index (Phi) is 9.29. The van der Waals surface area contributed by atoms with Gasteiger partial charge in [0.25, 0.3) is 0 Å². The van der Waals surface area contributed by atoms with E-state index in [1.54, 1.807) is 13.8 Å². The minimum absolute atomic E-state index is 0.0448. The molecule has 1 aromatic heterocycles. The molecule has 1 atom stereocenters. The first-order valence-corrected chi connectivity index (χ1v) is 10.3. The number of carbonyl (C=O) groups excluding carboxylic acids is 2. The van der Waals surface area contributed by atoms with Crippen molar-refractivity contribution in [3.63, 3.8) is 0 Å². The Labute approximate surface area is 189 Å². The number of rotatable bonds is 12. The molecule has 2 amide bonds. The van der Waals surface area contributed by atoms with E-state index in [0.717, 1.165) is 5.56 Å². The van der Waals surface area contributed by atoms with E-state index in [-0.39, 0.29) is 31.8 Å². The lowest BCUT2D eigenvalue weighted by Gasteiger charge is -2.23. The van der Waals surface area contributed by atoms with Crippen molar-refractivity contribution in [2.75, 3.05) is 13.2 Å². The second-order valence-electron chi connectivity index (χ2n) is 8.00. The Morgan fingerprint density at radius 3 is 2.55 bits per heavy atom. The maximum atomic E-state index is 12.5. The molecular formula is C20H28F3N7O3. The fraction of sp³-hybridized carbons (Fsp3) is 0.550. The number of aryl methyl sites for hydroxylation is 1. The highest BCUT2D eigenvalue weighted by Crippen LogP contribution is 2.15.